The van der Waals surface area contributed by atoms with Gasteiger partial charge in [-0.05, 0) is 51.0 Å². The van der Waals surface area contributed by atoms with Crippen LogP contribution in [-0.4, -0.2) is 22.5 Å². The lowest BCUT2D eigenvalue weighted by Gasteiger charge is -2.19. The van der Waals surface area contributed by atoms with Gasteiger partial charge in [0.1, 0.15) is 5.60 Å². The Labute approximate surface area is 117 Å². The summed E-state index contributed by atoms with van der Waals surface area (Å²) in [6, 6.07) is 7.19. The standard InChI is InChI=1S/C16H15NO3/c1-16(2,3)20-15(19)17-9-8-13-11-12(5-4-10-18)6-7-14(13)17/h6-11H,1-3H3. The molecule has 2 rings (SSSR count). The highest BCUT2D eigenvalue weighted by Gasteiger charge is 2.18. The Morgan fingerprint density at radius 1 is 1.30 bits per heavy atom. The third kappa shape index (κ3) is 3.07. The van der Waals surface area contributed by atoms with Crippen LogP contribution in [0.2, 0.25) is 0 Å². The molecule has 0 amide bonds. The first kappa shape index (κ1) is 13.9. The highest BCUT2D eigenvalue weighted by Crippen LogP contribution is 2.19. The van der Waals surface area contributed by atoms with Crippen molar-refractivity contribution < 1.29 is 14.3 Å². The molecule has 0 aliphatic rings. The predicted octanol–water partition coefficient (Wildman–Crippen LogP) is 2.97. The molecule has 0 aliphatic heterocycles. The maximum absolute atomic E-state index is 12.1. The molecule has 0 saturated heterocycles. The molecule has 1 heterocycles. The quantitative estimate of drug-likeness (QED) is 0.545. The molecule has 102 valence electrons. The maximum atomic E-state index is 12.1. The molecule has 0 fully saturated rings. The lowest BCUT2D eigenvalue weighted by atomic mass is 10.1. The number of fused-ring (bicyclic) bond motifs is 1. The van der Waals surface area contributed by atoms with Crippen molar-refractivity contribution in [3.8, 4) is 11.8 Å². The number of ether oxygens (including phenoxy) is 1. The van der Waals surface area contributed by atoms with Gasteiger partial charge in [-0.15, -0.1) is 0 Å². The largest absolute Gasteiger partial charge is 0.443 e. The van der Waals surface area contributed by atoms with E-state index < -0.39 is 11.7 Å². The summed E-state index contributed by atoms with van der Waals surface area (Å²) in [5.74, 6) is 5.08. The van der Waals surface area contributed by atoms with Gasteiger partial charge in [-0.2, -0.15) is 0 Å². The van der Waals surface area contributed by atoms with Gasteiger partial charge in [0.15, 0.2) is 6.29 Å². The van der Waals surface area contributed by atoms with E-state index in [-0.39, 0.29) is 0 Å². The van der Waals surface area contributed by atoms with Crippen LogP contribution in [-0.2, 0) is 9.53 Å². The number of rotatable bonds is 0. The van der Waals surface area contributed by atoms with Crippen molar-refractivity contribution in [2.75, 3.05) is 0 Å². The zero-order valence-corrected chi connectivity index (χ0v) is 11.6. The molecule has 0 atom stereocenters. The van der Waals surface area contributed by atoms with Crippen LogP contribution in [0.5, 0.6) is 0 Å². The van der Waals surface area contributed by atoms with Crippen molar-refractivity contribution in [3.63, 3.8) is 0 Å². The molecule has 0 spiro atoms. The first-order valence-corrected chi connectivity index (χ1v) is 6.20. The fourth-order valence-corrected chi connectivity index (χ4v) is 1.80. The second kappa shape index (κ2) is 5.22. The van der Waals surface area contributed by atoms with E-state index in [2.05, 4.69) is 11.8 Å². The van der Waals surface area contributed by atoms with E-state index in [9.17, 15) is 9.59 Å². The summed E-state index contributed by atoms with van der Waals surface area (Å²) in [6.07, 6.45) is 1.80. The summed E-state index contributed by atoms with van der Waals surface area (Å²) in [4.78, 5) is 22.3. The van der Waals surface area contributed by atoms with Gasteiger partial charge in [0, 0.05) is 17.1 Å². The molecule has 0 radical (unpaired) electrons. The van der Waals surface area contributed by atoms with Crippen LogP contribution < -0.4 is 0 Å². The van der Waals surface area contributed by atoms with E-state index in [1.54, 1.807) is 18.3 Å². The molecule has 0 aliphatic carbocycles. The van der Waals surface area contributed by atoms with Crippen molar-refractivity contribution in [3.05, 3.63) is 36.0 Å². The third-order valence-electron chi connectivity index (χ3n) is 2.56. The number of benzene rings is 1. The zero-order chi connectivity index (χ0) is 14.8. The van der Waals surface area contributed by atoms with Gasteiger partial charge in [0.05, 0.1) is 5.52 Å². The molecule has 1 aromatic carbocycles. The zero-order valence-electron chi connectivity index (χ0n) is 11.6. The van der Waals surface area contributed by atoms with Crippen molar-refractivity contribution in [1.82, 2.24) is 4.57 Å². The molecule has 2 aromatic rings. The minimum absolute atomic E-state index is 0.417. The Bertz CT molecular complexity index is 723. The van der Waals surface area contributed by atoms with Crippen molar-refractivity contribution in [2.24, 2.45) is 0 Å². The summed E-state index contributed by atoms with van der Waals surface area (Å²) in [6.45, 7) is 5.47. The number of nitrogens with zero attached hydrogens (tertiary/aromatic N) is 1. The molecule has 0 unspecified atom stereocenters. The lowest BCUT2D eigenvalue weighted by molar-refractivity contribution is -0.103. The smallest absolute Gasteiger partial charge is 0.418 e. The summed E-state index contributed by atoms with van der Waals surface area (Å²) in [5.41, 5.74) is 0.936. The van der Waals surface area contributed by atoms with Gasteiger partial charge >= 0.3 is 6.09 Å². The highest BCUT2D eigenvalue weighted by molar-refractivity contribution is 5.90. The Kier molecular flexibility index (Phi) is 3.62. The van der Waals surface area contributed by atoms with Crippen LogP contribution in [0, 0.1) is 11.8 Å². The normalized spacial score (nSPS) is 10.8. The van der Waals surface area contributed by atoms with Crippen molar-refractivity contribution >= 4 is 23.3 Å². The van der Waals surface area contributed by atoms with E-state index in [0.29, 0.717) is 6.29 Å². The Balaban J connectivity index is 2.38. The first-order valence-electron chi connectivity index (χ1n) is 6.20. The lowest BCUT2D eigenvalue weighted by Crippen LogP contribution is -2.26. The molecule has 1 aromatic heterocycles. The van der Waals surface area contributed by atoms with Gasteiger partial charge in [-0.25, -0.2) is 4.79 Å². The summed E-state index contributed by atoms with van der Waals surface area (Å²) in [7, 11) is 0. The van der Waals surface area contributed by atoms with Crippen molar-refractivity contribution in [1.29, 1.82) is 0 Å². The first-order chi connectivity index (χ1) is 9.40. The average Bonchev–Trinajstić information content (AvgIpc) is 2.77. The summed E-state index contributed by atoms with van der Waals surface area (Å²) >= 11 is 0. The van der Waals surface area contributed by atoms with Crippen LogP contribution in [0.15, 0.2) is 30.5 Å². The van der Waals surface area contributed by atoms with E-state index in [4.69, 9.17) is 4.74 Å². The van der Waals surface area contributed by atoms with Gasteiger partial charge in [-0.1, -0.05) is 5.92 Å². The van der Waals surface area contributed by atoms with E-state index >= 15 is 0 Å². The number of carbonyl (C=O) groups is 2. The maximum Gasteiger partial charge on any atom is 0.418 e. The number of hydrogen-bond acceptors (Lipinski definition) is 3. The Morgan fingerprint density at radius 3 is 2.70 bits per heavy atom. The second-order valence-corrected chi connectivity index (χ2v) is 5.33. The topological polar surface area (TPSA) is 48.3 Å². The third-order valence-corrected chi connectivity index (χ3v) is 2.56. The SMILES string of the molecule is CC(C)(C)OC(=O)n1ccc2cc(C#CC=O)ccc21. The second-order valence-electron chi connectivity index (χ2n) is 5.33. The fraction of sp³-hybridized carbons (Fsp3) is 0.250. The Hall–Kier alpha value is -2.54. The number of hydrogen-bond donors (Lipinski definition) is 0. The molecule has 4 heteroatoms. The molecule has 0 bridgehead atoms. The van der Waals surface area contributed by atoms with Gasteiger partial charge in [0.25, 0.3) is 0 Å². The van der Waals surface area contributed by atoms with Crippen LogP contribution >= 0.6 is 0 Å². The number of aldehydes is 1. The van der Waals surface area contributed by atoms with Gasteiger partial charge in [-0.3, -0.25) is 9.36 Å². The minimum Gasteiger partial charge on any atom is -0.443 e. The molecule has 20 heavy (non-hydrogen) atoms. The van der Waals surface area contributed by atoms with Crippen LogP contribution in [0.25, 0.3) is 10.9 Å². The molecule has 0 N–H and O–H groups in total. The van der Waals surface area contributed by atoms with Gasteiger partial charge in [0.2, 0.25) is 0 Å². The molecular formula is C16H15NO3. The number of carbonyl (C=O) groups excluding carboxylic acids is 2. The van der Waals surface area contributed by atoms with Crippen LogP contribution in [0.3, 0.4) is 0 Å². The molecular weight excluding hydrogens is 254 g/mol. The summed E-state index contributed by atoms with van der Waals surface area (Å²) in [5, 5.41) is 0.869. The average molecular weight is 269 g/mol. The van der Waals surface area contributed by atoms with E-state index in [0.717, 1.165) is 16.5 Å². The molecule has 4 nitrogen and oxygen atoms in total. The Morgan fingerprint density at radius 2 is 2.05 bits per heavy atom. The van der Waals surface area contributed by atoms with Gasteiger partial charge < -0.3 is 4.74 Å². The van der Waals surface area contributed by atoms with Crippen LogP contribution in [0.1, 0.15) is 26.3 Å². The van der Waals surface area contributed by atoms with E-state index in [1.807, 2.05) is 32.9 Å². The minimum atomic E-state index is -0.539. The predicted molar refractivity (Wildman–Crippen MR) is 76.5 cm³/mol. The highest BCUT2D eigenvalue weighted by atomic mass is 16.6. The summed E-state index contributed by atoms with van der Waals surface area (Å²) < 4.78 is 6.79. The van der Waals surface area contributed by atoms with Crippen LogP contribution in [0.4, 0.5) is 4.79 Å². The van der Waals surface area contributed by atoms with E-state index in [1.165, 1.54) is 4.57 Å². The van der Waals surface area contributed by atoms with Crippen molar-refractivity contribution in [2.45, 2.75) is 26.4 Å². The fourth-order valence-electron chi connectivity index (χ4n) is 1.80. The monoisotopic (exact) mass is 269 g/mol. The number of aromatic nitrogens is 1. The molecule has 0 saturated carbocycles.